The Hall–Kier alpha value is -1.35. The van der Waals surface area contributed by atoms with Gasteiger partial charge in [-0.2, -0.15) is 13.2 Å². The second-order valence-corrected chi connectivity index (χ2v) is 13.0. The number of carbonyl (C=O) groups is 1. The van der Waals surface area contributed by atoms with Crippen LogP contribution in [0.5, 0.6) is 0 Å². The minimum atomic E-state index is -5.15. The van der Waals surface area contributed by atoms with E-state index in [1.807, 2.05) is 6.92 Å². The van der Waals surface area contributed by atoms with Crippen LogP contribution in [0.2, 0.25) is 15.1 Å². The van der Waals surface area contributed by atoms with Crippen molar-refractivity contribution in [3.8, 4) is 0 Å². The van der Waals surface area contributed by atoms with Crippen LogP contribution < -0.4 is 0 Å². The zero-order chi connectivity index (χ0) is 29.1. The summed E-state index contributed by atoms with van der Waals surface area (Å²) in [5, 5.41) is 10.7. The monoisotopic (exact) mass is 669 g/mol. The largest absolute Gasteiger partial charge is 0.481 e. The third-order valence-corrected chi connectivity index (χ3v) is 10.5. The molecule has 1 fully saturated rings. The first-order valence-corrected chi connectivity index (χ1v) is 14.5. The zero-order valence-corrected chi connectivity index (χ0v) is 25.2. The standard InChI is InChI=1S/C28H27BrCl3F4NO2/c1-14(2)27(17-7-8-22(33)19(29)10-17)26(24(38)39,16-6-4-5-15(3)9-16)25(13-37-27,28(34,35)36)18-11-20(30)23(32)21(31)12-18/h7-8,10-16H,4-6,9H2,1-3H3,(H,38,39)/t15?,16?,25?,26?,27-/m1/s1. The van der Waals surface area contributed by atoms with Crippen LogP contribution >= 0.6 is 50.7 Å². The number of nitrogens with zero attached hydrogens (tertiary/aromatic N) is 1. The van der Waals surface area contributed by atoms with Crippen molar-refractivity contribution in [1.82, 2.24) is 0 Å². The lowest BCUT2D eigenvalue weighted by atomic mass is 9.43. The van der Waals surface area contributed by atoms with E-state index in [2.05, 4.69) is 20.9 Å². The number of hydrogen-bond acceptors (Lipinski definition) is 2. The van der Waals surface area contributed by atoms with Gasteiger partial charge in [0.05, 0.1) is 19.5 Å². The van der Waals surface area contributed by atoms with Gasteiger partial charge < -0.3 is 5.11 Å². The number of aliphatic imine (C=N–C) groups is 1. The molecule has 212 valence electrons. The van der Waals surface area contributed by atoms with Crippen molar-refractivity contribution in [2.75, 3.05) is 0 Å². The molecule has 0 saturated heterocycles. The first-order valence-electron chi connectivity index (χ1n) is 12.5. The predicted octanol–water partition coefficient (Wildman–Crippen LogP) is 9.88. The number of aliphatic carboxylic acids is 1. The molecule has 2 aromatic rings. The van der Waals surface area contributed by atoms with E-state index in [9.17, 15) is 14.3 Å². The van der Waals surface area contributed by atoms with Crippen LogP contribution in [0.1, 0.15) is 57.6 Å². The fourth-order valence-electron chi connectivity index (χ4n) is 7.19. The van der Waals surface area contributed by atoms with Crippen molar-refractivity contribution < 1.29 is 27.5 Å². The van der Waals surface area contributed by atoms with Crippen LogP contribution in [0.25, 0.3) is 0 Å². The molecule has 11 heteroatoms. The van der Waals surface area contributed by atoms with Crippen LogP contribution in [-0.2, 0) is 15.7 Å². The average molecular weight is 672 g/mol. The van der Waals surface area contributed by atoms with E-state index in [4.69, 9.17) is 34.8 Å². The van der Waals surface area contributed by atoms with E-state index < -0.39 is 51.7 Å². The second kappa shape index (κ2) is 10.5. The Morgan fingerprint density at radius 1 is 1.10 bits per heavy atom. The van der Waals surface area contributed by atoms with Gasteiger partial charge in [0.2, 0.25) is 0 Å². The Balaban J connectivity index is 2.25. The van der Waals surface area contributed by atoms with Gasteiger partial charge in [-0.25, -0.2) is 4.39 Å². The molecule has 1 aliphatic heterocycles. The van der Waals surface area contributed by atoms with Crippen LogP contribution in [0.4, 0.5) is 17.6 Å². The van der Waals surface area contributed by atoms with Gasteiger partial charge in [0.25, 0.3) is 0 Å². The lowest BCUT2D eigenvalue weighted by Crippen LogP contribution is -2.69. The summed E-state index contributed by atoms with van der Waals surface area (Å²) in [6.45, 7) is 5.20. The molecule has 0 spiro atoms. The van der Waals surface area contributed by atoms with Gasteiger partial charge in [-0.05, 0) is 81.9 Å². The average Bonchev–Trinajstić information content (AvgIpc) is 3.19. The number of carboxylic acid groups (broad SMARTS) is 1. The normalized spacial score (nSPS) is 31.2. The van der Waals surface area contributed by atoms with Gasteiger partial charge in [-0.3, -0.25) is 9.79 Å². The number of alkyl halides is 3. The summed E-state index contributed by atoms with van der Waals surface area (Å²) in [4.78, 5) is 18.5. The Morgan fingerprint density at radius 2 is 1.72 bits per heavy atom. The van der Waals surface area contributed by atoms with Crippen molar-refractivity contribution in [2.45, 2.75) is 63.6 Å². The zero-order valence-electron chi connectivity index (χ0n) is 21.4. The van der Waals surface area contributed by atoms with E-state index in [1.54, 1.807) is 13.8 Å². The van der Waals surface area contributed by atoms with Gasteiger partial charge in [0.15, 0.2) is 0 Å². The van der Waals surface area contributed by atoms with Crippen LogP contribution in [0, 0.1) is 29.0 Å². The molecule has 0 aromatic heterocycles. The first-order chi connectivity index (χ1) is 18.1. The van der Waals surface area contributed by atoms with Crippen molar-refractivity contribution >= 4 is 62.9 Å². The molecule has 3 nitrogen and oxygen atoms in total. The minimum Gasteiger partial charge on any atom is -0.481 e. The Kier molecular flexibility index (Phi) is 8.23. The van der Waals surface area contributed by atoms with E-state index in [0.29, 0.717) is 6.42 Å². The highest BCUT2D eigenvalue weighted by atomic mass is 79.9. The lowest BCUT2D eigenvalue weighted by Gasteiger charge is -2.57. The van der Waals surface area contributed by atoms with E-state index in [1.165, 1.54) is 12.1 Å². The summed E-state index contributed by atoms with van der Waals surface area (Å²) in [6, 6.07) is 5.85. The predicted molar refractivity (Wildman–Crippen MR) is 150 cm³/mol. The molecule has 4 unspecified atom stereocenters. The number of halogens is 8. The van der Waals surface area contributed by atoms with Crippen molar-refractivity contribution in [2.24, 2.45) is 28.2 Å². The third-order valence-electron chi connectivity index (χ3n) is 8.65. The van der Waals surface area contributed by atoms with Crippen LogP contribution in [0.3, 0.4) is 0 Å². The van der Waals surface area contributed by atoms with Gasteiger partial charge >= 0.3 is 12.1 Å². The van der Waals surface area contributed by atoms with Gasteiger partial charge in [-0.15, -0.1) is 0 Å². The fourth-order valence-corrected chi connectivity index (χ4v) is 8.16. The highest BCUT2D eigenvalue weighted by molar-refractivity contribution is 9.10. The molecule has 1 heterocycles. The van der Waals surface area contributed by atoms with Crippen molar-refractivity contribution in [3.63, 3.8) is 0 Å². The molecule has 2 aromatic carbocycles. The Morgan fingerprint density at radius 3 is 2.21 bits per heavy atom. The van der Waals surface area contributed by atoms with E-state index >= 15 is 13.2 Å². The smallest absolute Gasteiger partial charge is 0.404 e. The molecule has 39 heavy (non-hydrogen) atoms. The van der Waals surface area contributed by atoms with Crippen molar-refractivity contribution in [3.05, 3.63) is 66.8 Å². The molecule has 0 amide bonds. The molecular weight excluding hydrogens is 645 g/mol. The molecule has 5 atom stereocenters. The summed E-state index contributed by atoms with van der Waals surface area (Å²) in [5.74, 6) is -4.00. The Labute approximate surface area is 248 Å². The molecular formula is C28H27BrCl3F4NO2. The molecule has 1 aliphatic carbocycles. The number of hydrogen-bond donors (Lipinski definition) is 1. The highest BCUT2D eigenvalue weighted by Crippen LogP contribution is 2.71. The van der Waals surface area contributed by atoms with E-state index in [-0.39, 0.29) is 43.9 Å². The quantitative estimate of drug-likeness (QED) is 0.254. The van der Waals surface area contributed by atoms with Crippen LogP contribution in [-0.4, -0.2) is 23.5 Å². The summed E-state index contributed by atoms with van der Waals surface area (Å²) in [6.07, 6.45) is -2.62. The summed E-state index contributed by atoms with van der Waals surface area (Å²) in [7, 11) is 0. The SMILES string of the molecule is CC1CCCC(C2(C(=O)O)C(c3cc(Cl)c(Cl)c(Cl)c3)(C(F)(F)F)C=N[C@@]2(c2ccc(F)c(Br)c2)C(C)C)C1. The molecule has 4 rings (SSSR count). The van der Waals surface area contributed by atoms with Crippen molar-refractivity contribution in [1.29, 1.82) is 0 Å². The molecule has 1 N–H and O–H groups in total. The number of rotatable bonds is 5. The topological polar surface area (TPSA) is 49.7 Å². The van der Waals surface area contributed by atoms with Crippen LogP contribution in [0.15, 0.2) is 39.8 Å². The molecule has 0 bridgehead atoms. The van der Waals surface area contributed by atoms with Gasteiger partial charge in [0, 0.05) is 6.21 Å². The van der Waals surface area contributed by atoms with Gasteiger partial charge in [-0.1, -0.05) is 74.5 Å². The first kappa shape index (κ1) is 30.6. The molecule has 0 radical (unpaired) electrons. The highest BCUT2D eigenvalue weighted by Gasteiger charge is 2.82. The Bertz CT molecular complexity index is 1310. The third kappa shape index (κ3) is 4.26. The summed E-state index contributed by atoms with van der Waals surface area (Å²) < 4.78 is 62.1. The molecule has 1 saturated carbocycles. The summed E-state index contributed by atoms with van der Waals surface area (Å²) in [5.41, 5.74) is -7.96. The maximum atomic E-state index is 15.9. The summed E-state index contributed by atoms with van der Waals surface area (Å²) >= 11 is 21.8. The van der Waals surface area contributed by atoms with Gasteiger partial charge in [0.1, 0.15) is 22.2 Å². The fraction of sp³-hybridized carbons (Fsp3) is 0.500. The lowest BCUT2D eigenvalue weighted by molar-refractivity contribution is -0.232. The maximum Gasteiger partial charge on any atom is 0.404 e. The minimum absolute atomic E-state index is 0.00591. The molecule has 2 aliphatic rings. The second-order valence-electron chi connectivity index (χ2n) is 10.9. The number of carboxylic acids is 1. The maximum absolute atomic E-state index is 15.9. The number of benzene rings is 2. The van der Waals surface area contributed by atoms with E-state index in [0.717, 1.165) is 30.8 Å².